The Balaban J connectivity index is 1.13. The molecule has 4 heterocycles. The van der Waals surface area contributed by atoms with Crippen molar-refractivity contribution >= 4 is 57.5 Å². The van der Waals surface area contributed by atoms with Gasteiger partial charge in [0.2, 0.25) is 29.4 Å². The summed E-state index contributed by atoms with van der Waals surface area (Å²) >= 11 is 7.44. The topological polar surface area (TPSA) is 198 Å². The van der Waals surface area contributed by atoms with E-state index in [0.717, 1.165) is 64.2 Å². The van der Waals surface area contributed by atoms with Crippen molar-refractivity contribution in [3.05, 3.63) is 47.3 Å². The molecular weight excluding hydrogens is 794 g/mol. The average molecular weight is 848 g/mol. The Kier molecular flexibility index (Phi) is 13.4. The highest BCUT2D eigenvalue weighted by Gasteiger charge is 2.47. The molecule has 1 aliphatic heterocycles. The molecule has 3 saturated carbocycles. The lowest BCUT2D eigenvalue weighted by molar-refractivity contribution is -0.145. The van der Waals surface area contributed by atoms with Crippen molar-refractivity contribution in [1.82, 2.24) is 40.8 Å². The summed E-state index contributed by atoms with van der Waals surface area (Å²) in [6.07, 6.45) is 15.3. The first-order valence-corrected chi connectivity index (χ1v) is 22.1. The lowest BCUT2D eigenvalue weighted by atomic mass is 9.80. The largest absolute Gasteiger partial charge is 0.472 e. The van der Waals surface area contributed by atoms with Crippen LogP contribution in [0.3, 0.4) is 0 Å². The van der Waals surface area contributed by atoms with Gasteiger partial charge in [-0.3, -0.25) is 33.9 Å². The molecule has 4 fully saturated rings. The number of hydrogen-bond donors (Lipinski definition) is 4. The van der Waals surface area contributed by atoms with Crippen LogP contribution in [-0.2, 0) is 24.0 Å². The maximum Gasteiger partial charge on any atom is 0.289 e. The molecular formula is C42H54ClN9O6S. The summed E-state index contributed by atoms with van der Waals surface area (Å²) in [7, 11) is 0. The van der Waals surface area contributed by atoms with Crippen LogP contribution in [0.5, 0.6) is 5.88 Å². The molecule has 4 amide bonds. The number of anilines is 1. The van der Waals surface area contributed by atoms with E-state index in [1.54, 1.807) is 30.7 Å². The van der Waals surface area contributed by atoms with Gasteiger partial charge in [0.05, 0.1) is 23.8 Å². The minimum atomic E-state index is -1.06. The monoisotopic (exact) mass is 847 g/mol. The van der Waals surface area contributed by atoms with Crippen molar-refractivity contribution in [2.24, 2.45) is 17.3 Å². The van der Waals surface area contributed by atoms with Crippen LogP contribution in [0, 0.1) is 17.3 Å². The second kappa shape index (κ2) is 18.7. The van der Waals surface area contributed by atoms with E-state index >= 15 is 0 Å². The molecule has 0 radical (unpaired) electrons. The molecule has 0 spiro atoms. The summed E-state index contributed by atoms with van der Waals surface area (Å²) in [6, 6.07) is -0.599. The van der Waals surface area contributed by atoms with Crippen LogP contribution in [0.4, 0.5) is 5.13 Å². The Morgan fingerprint density at radius 3 is 2.36 bits per heavy atom. The molecule has 59 heavy (non-hydrogen) atoms. The van der Waals surface area contributed by atoms with E-state index in [-0.39, 0.29) is 42.6 Å². The summed E-state index contributed by atoms with van der Waals surface area (Å²) in [4.78, 5) is 89.3. The number of aromatic nitrogens is 4. The number of nitrogens with zero attached hydrogens (tertiary/aromatic N) is 5. The van der Waals surface area contributed by atoms with Gasteiger partial charge in [-0.2, -0.15) is 0 Å². The van der Waals surface area contributed by atoms with E-state index in [1.807, 2.05) is 26.2 Å². The Bertz CT molecular complexity index is 1960. The SMILES string of the molecule is CC(C)(C)[C@@H](NC(=O)[C@@H](Nc1nc(-c2cnccn2)cs1)C1CCCCC1)C(=O)N1C[C@H](Oc2ccc(Cl)cn2)CC1C(=O)NC(CC1CCC1)C(=O)C(=O)NC1CC1. The summed E-state index contributed by atoms with van der Waals surface area (Å²) in [5.41, 5.74) is 0.471. The van der Waals surface area contributed by atoms with E-state index in [9.17, 15) is 24.0 Å². The number of rotatable bonds is 16. The fourth-order valence-corrected chi connectivity index (χ4v) is 8.97. The van der Waals surface area contributed by atoms with Gasteiger partial charge in [0.1, 0.15) is 35.6 Å². The third-order valence-electron chi connectivity index (χ3n) is 11.8. The van der Waals surface area contributed by atoms with Crippen molar-refractivity contribution < 1.29 is 28.7 Å². The third kappa shape index (κ3) is 10.9. The Morgan fingerprint density at radius 2 is 1.71 bits per heavy atom. The van der Waals surface area contributed by atoms with E-state index in [0.29, 0.717) is 28.0 Å². The number of ether oxygens (including phenoxy) is 1. The number of pyridine rings is 1. The highest BCUT2D eigenvalue weighted by Crippen LogP contribution is 2.34. The van der Waals surface area contributed by atoms with E-state index in [1.165, 1.54) is 22.4 Å². The van der Waals surface area contributed by atoms with Crippen molar-refractivity contribution in [2.45, 2.75) is 134 Å². The minimum absolute atomic E-state index is 0.000518. The first-order valence-electron chi connectivity index (χ1n) is 20.8. The number of amides is 4. The fraction of sp³-hybridized carbons (Fsp3) is 0.595. The van der Waals surface area contributed by atoms with Gasteiger partial charge in [-0.15, -0.1) is 11.3 Å². The standard InChI is InChI=1S/C42H54ClN9O6S/c1-42(2,3)36(51-38(55)34(25-10-5-4-6-11-25)50-41-49-31(23-59-41)30-21-44-16-17-45-30)40(57)52-22-28(58-33-15-12-26(43)20-46-33)19-32(52)37(54)48-29(18-24-8-7-9-24)35(53)39(56)47-27-13-14-27/h12,15-17,20-21,23-25,27-29,32,34,36H,4-11,13-14,18-19,22H2,1-3H3,(H,47,56)(H,48,54)(H,49,50)(H,51,55)/t28-,29?,32?,34+,36+/m1/s1. The number of carbonyl (C=O) groups excluding carboxylic acids is 5. The van der Waals surface area contributed by atoms with Crippen LogP contribution in [-0.4, -0.2) is 97.1 Å². The molecule has 3 aliphatic carbocycles. The molecule has 316 valence electrons. The molecule has 0 bridgehead atoms. The number of thiazole rings is 1. The van der Waals surface area contributed by atoms with Gasteiger partial charge in [-0.1, -0.05) is 70.9 Å². The van der Waals surface area contributed by atoms with Crippen LogP contribution in [0.2, 0.25) is 5.02 Å². The van der Waals surface area contributed by atoms with Gasteiger partial charge in [0.25, 0.3) is 5.91 Å². The molecule has 4 aliphatic rings. The van der Waals surface area contributed by atoms with Gasteiger partial charge in [-0.05, 0) is 55.4 Å². The van der Waals surface area contributed by atoms with Gasteiger partial charge >= 0.3 is 0 Å². The van der Waals surface area contributed by atoms with Gasteiger partial charge in [0, 0.05) is 42.5 Å². The zero-order valence-corrected chi connectivity index (χ0v) is 35.4. The van der Waals surface area contributed by atoms with Crippen molar-refractivity contribution in [3.8, 4) is 17.3 Å². The normalized spacial score (nSPS) is 21.4. The summed E-state index contributed by atoms with van der Waals surface area (Å²) < 4.78 is 6.20. The van der Waals surface area contributed by atoms with E-state index in [4.69, 9.17) is 21.3 Å². The van der Waals surface area contributed by atoms with E-state index in [2.05, 4.69) is 36.2 Å². The Hall–Kier alpha value is -4.70. The van der Waals surface area contributed by atoms with Crippen LogP contribution in [0.25, 0.3) is 11.4 Å². The molecule has 4 N–H and O–H groups in total. The second-order valence-corrected chi connectivity index (χ2v) is 18.8. The van der Waals surface area contributed by atoms with Gasteiger partial charge < -0.3 is 30.9 Å². The number of Topliss-reactive ketones (excluding diaryl/α,β-unsaturated/α-hetero) is 1. The molecule has 2 unspecified atom stereocenters. The first-order chi connectivity index (χ1) is 28.3. The summed E-state index contributed by atoms with van der Waals surface area (Å²) in [5, 5.41) is 15.0. The highest BCUT2D eigenvalue weighted by molar-refractivity contribution is 7.14. The van der Waals surface area contributed by atoms with Crippen molar-refractivity contribution in [3.63, 3.8) is 0 Å². The molecule has 5 atom stereocenters. The van der Waals surface area contributed by atoms with Crippen LogP contribution in [0.1, 0.15) is 97.8 Å². The Labute approximate surface area is 353 Å². The number of carbonyl (C=O) groups is 5. The fourth-order valence-electron chi connectivity index (χ4n) is 8.11. The maximum absolute atomic E-state index is 15.0. The number of ketones is 1. The quantitative estimate of drug-likeness (QED) is 0.140. The minimum Gasteiger partial charge on any atom is -0.472 e. The molecule has 3 aromatic heterocycles. The lowest BCUT2D eigenvalue weighted by Gasteiger charge is -2.37. The molecule has 15 nitrogen and oxygen atoms in total. The summed E-state index contributed by atoms with van der Waals surface area (Å²) in [5.74, 6) is -2.27. The second-order valence-electron chi connectivity index (χ2n) is 17.5. The van der Waals surface area contributed by atoms with Crippen LogP contribution in [0.15, 0.2) is 42.3 Å². The van der Waals surface area contributed by atoms with E-state index < -0.39 is 59.2 Å². The highest BCUT2D eigenvalue weighted by atomic mass is 35.5. The smallest absolute Gasteiger partial charge is 0.289 e. The molecule has 0 aromatic carbocycles. The van der Waals surface area contributed by atoms with Crippen molar-refractivity contribution in [1.29, 1.82) is 0 Å². The zero-order valence-electron chi connectivity index (χ0n) is 33.8. The van der Waals surface area contributed by atoms with Crippen molar-refractivity contribution in [2.75, 3.05) is 11.9 Å². The first kappa shape index (κ1) is 42.4. The van der Waals surface area contributed by atoms with Crippen LogP contribution >= 0.6 is 22.9 Å². The molecule has 3 aromatic rings. The average Bonchev–Trinajstić information content (AvgIpc) is 3.72. The number of nitrogens with one attached hydrogen (secondary N) is 4. The summed E-state index contributed by atoms with van der Waals surface area (Å²) in [6.45, 7) is 5.63. The lowest BCUT2D eigenvalue weighted by Crippen LogP contribution is -2.61. The maximum atomic E-state index is 15.0. The predicted octanol–water partition coefficient (Wildman–Crippen LogP) is 5.11. The number of halogens is 1. The van der Waals surface area contributed by atoms with Gasteiger partial charge in [-0.25, -0.2) is 9.97 Å². The molecule has 7 rings (SSSR count). The van der Waals surface area contributed by atoms with Crippen LogP contribution < -0.4 is 26.0 Å². The zero-order chi connectivity index (χ0) is 41.7. The third-order valence-corrected chi connectivity index (χ3v) is 12.8. The molecule has 17 heteroatoms. The Morgan fingerprint density at radius 1 is 0.932 bits per heavy atom. The number of hydrogen-bond acceptors (Lipinski definition) is 12. The predicted molar refractivity (Wildman–Crippen MR) is 222 cm³/mol. The molecule has 1 saturated heterocycles. The number of likely N-dealkylation sites (tertiary alicyclic amines) is 1. The van der Waals surface area contributed by atoms with Gasteiger partial charge in [0.15, 0.2) is 5.13 Å².